The number of amides is 2. The third-order valence-electron chi connectivity index (χ3n) is 6.01. The molecule has 0 saturated carbocycles. The third-order valence-corrected chi connectivity index (χ3v) is 8.01. The fourth-order valence-corrected chi connectivity index (χ4v) is 5.34. The van der Waals surface area contributed by atoms with Crippen molar-refractivity contribution in [2.45, 2.75) is 25.2 Å². The molecule has 1 atom stereocenters. The van der Waals surface area contributed by atoms with Crippen molar-refractivity contribution >= 4 is 55.1 Å². The van der Waals surface area contributed by atoms with Crippen LogP contribution in [0.2, 0.25) is 5.02 Å². The first-order valence-electron chi connectivity index (χ1n) is 11.8. The quantitative estimate of drug-likeness (QED) is 0.321. The van der Waals surface area contributed by atoms with E-state index in [4.69, 9.17) is 11.6 Å². The van der Waals surface area contributed by atoms with Crippen molar-refractivity contribution in [1.29, 1.82) is 0 Å². The Morgan fingerprint density at radius 1 is 1.00 bits per heavy atom. The molecule has 0 unspecified atom stereocenters. The van der Waals surface area contributed by atoms with Gasteiger partial charge < -0.3 is 10.2 Å². The lowest BCUT2D eigenvalue weighted by molar-refractivity contribution is -0.139. The van der Waals surface area contributed by atoms with Gasteiger partial charge in [-0.1, -0.05) is 70.0 Å². The first-order chi connectivity index (χ1) is 18.7. The lowest BCUT2D eigenvalue weighted by Gasteiger charge is -2.33. The van der Waals surface area contributed by atoms with Crippen molar-refractivity contribution in [1.82, 2.24) is 10.2 Å². The molecule has 2 amide bonds. The van der Waals surface area contributed by atoms with Crippen molar-refractivity contribution in [2.24, 2.45) is 0 Å². The molecule has 0 radical (unpaired) electrons. The Bertz CT molecular complexity index is 1460. The van der Waals surface area contributed by atoms with Crippen LogP contribution in [0.15, 0.2) is 77.3 Å². The van der Waals surface area contributed by atoms with E-state index < -0.39 is 56.9 Å². The van der Waals surface area contributed by atoms with E-state index in [9.17, 15) is 31.2 Å². The number of alkyl halides is 3. The van der Waals surface area contributed by atoms with Crippen LogP contribution in [0.25, 0.3) is 0 Å². The first-order valence-corrected chi connectivity index (χ1v) is 14.9. The summed E-state index contributed by atoms with van der Waals surface area (Å²) in [5.74, 6) is -1.28. The van der Waals surface area contributed by atoms with Crippen molar-refractivity contribution in [2.75, 3.05) is 24.2 Å². The van der Waals surface area contributed by atoms with E-state index in [1.54, 1.807) is 54.6 Å². The Kier molecular flexibility index (Phi) is 10.3. The lowest BCUT2D eigenvalue weighted by Crippen LogP contribution is -2.52. The zero-order valence-corrected chi connectivity index (χ0v) is 24.6. The Morgan fingerprint density at radius 2 is 1.62 bits per heavy atom. The summed E-state index contributed by atoms with van der Waals surface area (Å²) in [6, 6.07) is 17.4. The smallest absolute Gasteiger partial charge is 0.357 e. The van der Waals surface area contributed by atoms with Gasteiger partial charge in [0.25, 0.3) is 0 Å². The van der Waals surface area contributed by atoms with E-state index >= 15 is 0 Å². The van der Waals surface area contributed by atoms with Gasteiger partial charge in [-0.05, 0) is 41.5 Å². The number of nitrogens with zero attached hydrogens (tertiary/aromatic N) is 2. The normalized spacial score (nSPS) is 12.5. The highest BCUT2D eigenvalue weighted by molar-refractivity contribution is 9.10. The van der Waals surface area contributed by atoms with Crippen molar-refractivity contribution in [3.8, 4) is 0 Å². The predicted octanol–water partition coefficient (Wildman–Crippen LogP) is 5.27. The average molecular weight is 661 g/mol. The molecule has 3 rings (SSSR count). The molecule has 0 bridgehead atoms. The minimum atomic E-state index is -4.85. The lowest BCUT2D eigenvalue weighted by atomic mass is 10.0. The van der Waals surface area contributed by atoms with E-state index in [1.165, 1.54) is 11.9 Å². The Balaban J connectivity index is 2.06. The number of halogens is 5. The number of benzene rings is 3. The van der Waals surface area contributed by atoms with Crippen LogP contribution in [-0.4, -0.2) is 51.0 Å². The second-order valence-electron chi connectivity index (χ2n) is 8.90. The Labute approximate surface area is 244 Å². The largest absolute Gasteiger partial charge is 0.417 e. The maximum absolute atomic E-state index is 13.8. The third kappa shape index (κ3) is 8.21. The first kappa shape index (κ1) is 31.4. The fraction of sp³-hybridized carbons (Fsp3) is 0.259. The maximum atomic E-state index is 13.8. The van der Waals surface area contributed by atoms with Crippen LogP contribution in [0.3, 0.4) is 0 Å². The highest BCUT2D eigenvalue weighted by Gasteiger charge is 2.36. The van der Waals surface area contributed by atoms with Gasteiger partial charge in [-0.2, -0.15) is 13.2 Å². The van der Waals surface area contributed by atoms with E-state index in [0.717, 1.165) is 28.4 Å². The molecule has 0 spiro atoms. The summed E-state index contributed by atoms with van der Waals surface area (Å²) in [4.78, 5) is 28.1. The molecule has 0 aliphatic heterocycles. The van der Waals surface area contributed by atoms with Crippen molar-refractivity contribution < 1.29 is 31.2 Å². The predicted molar refractivity (Wildman–Crippen MR) is 151 cm³/mol. The number of likely N-dealkylation sites (N-methyl/N-ethyl adjacent to an activating group) is 1. The van der Waals surface area contributed by atoms with E-state index in [2.05, 4.69) is 21.2 Å². The van der Waals surface area contributed by atoms with Crippen LogP contribution in [0.5, 0.6) is 0 Å². The molecule has 1 N–H and O–H groups in total. The maximum Gasteiger partial charge on any atom is 0.417 e. The number of carbonyl (C=O) groups is 2. The van der Waals surface area contributed by atoms with Crippen LogP contribution in [-0.2, 0) is 38.8 Å². The number of rotatable bonds is 10. The summed E-state index contributed by atoms with van der Waals surface area (Å²) in [6.07, 6.45) is -3.96. The summed E-state index contributed by atoms with van der Waals surface area (Å²) in [7, 11) is -2.83. The minimum Gasteiger partial charge on any atom is -0.357 e. The van der Waals surface area contributed by atoms with Crippen molar-refractivity contribution in [3.63, 3.8) is 0 Å². The standard InChI is InChI=1S/C27H26BrClF3N3O4S/c1-33-26(37)24(14-18-6-4-3-5-7-18)34(16-19-8-10-20(28)11-9-19)25(36)17-35(40(2,38)39)21-12-13-23(29)22(15-21)27(30,31)32/h3-13,15,24H,14,16-17H2,1-2H3,(H,33,37)/t24-/m1/s1. The molecule has 3 aromatic carbocycles. The van der Waals surface area contributed by atoms with Crippen LogP contribution < -0.4 is 9.62 Å². The number of hydrogen-bond acceptors (Lipinski definition) is 4. The molecular weight excluding hydrogens is 635 g/mol. The van der Waals surface area contributed by atoms with Gasteiger partial charge in [0.1, 0.15) is 12.6 Å². The molecular formula is C27H26BrClF3N3O4S. The zero-order chi connectivity index (χ0) is 29.7. The van der Waals surface area contributed by atoms with Crippen LogP contribution in [0.1, 0.15) is 16.7 Å². The number of anilines is 1. The molecule has 0 heterocycles. The number of carbonyl (C=O) groups excluding carboxylic acids is 2. The monoisotopic (exact) mass is 659 g/mol. The summed E-state index contributed by atoms with van der Waals surface area (Å²) in [5.41, 5.74) is -0.241. The summed E-state index contributed by atoms with van der Waals surface area (Å²) < 4.78 is 67.4. The molecule has 13 heteroatoms. The summed E-state index contributed by atoms with van der Waals surface area (Å²) in [6.45, 7) is -0.917. The highest BCUT2D eigenvalue weighted by Crippen LogP contribution is 2.37. The minimum absolute atomic E-state index is 0.0664. The molecule has 0 aliphatic carbocycles. The van der Waals surface area contributed by atoms with Gasteiger partial charge in [-0.15, -0.1) is 0 Å². The van der Waals surface area contributed by atoms with Gasteiger partial charge in [0, 0.05) is 24.5 Å². The van der Waals surface area contributed by atoms with Gasteiger partial charge in [0.05, 0.1) is 22.5 Å². The highest BCUT2D eigenvalue weighted by atomic mass is 79.9. The van der Waals surface area contributed by atoms with Crippen LogP contribution in [0, 0.1) is 0 Å². The van der Waals surface area contributed by atoms with Crippen LogP contribution >= 0.6 is 27.5 Å². The number of nitrogens with one attached hydrogen (secondary N) is 1. The molecule has 0 saturated heterocycles. The van der Waals surface area contributed by atoms with Gasteiger partial charge >= 0.3 is 6.18 Å². The van der Waals surface area contributed by atoms with Crippen LogP contribution in [0.4, 0.5) is 18.9 Å². The summed E-state index contributed by atoms with van der Waals surface area (Å²) >= 11 is 9.06. The Morgan fingerprint density at radius 3 is 2.17 bits per heavy atom. The number of hydrogen-bond donors (Lipinski definition) is 1. The second kappa shape index (κ2) is 13.0. The number of sulfonamides is 1. The molecule has 7 nitrogen and oxygen atoms in total. The molecule has 3 aromatic rings. The molecule has 0 fully saturated rings. The molecule has 40 heavy (non-hydrogen) atoms. The van der Waals surface area contributed by atoms with Gasteiger partial charge in [0.15, 0.2) is 0 Å². The second-order valence-corrected chi connectivity index (χ2v) is 12.1. The van der Waals surface area contributed by atoms with E-state index in [0.29, 0.717) is 15.9 Å². The van der Waals surface area contributed by atoms with E-state index in [1.807, 2.05) is 0 Å². The molecule has 214 valence electrons. The van der Waals surface area contributed by atoms with E-state index in [-0.39, 0.29) is 13.0 Å². The fourth-order valence-electron chi connectivity index (χ4n) is 4.01. The van der Waals surface area contributed by atoms with Gasteiger partial charge in [0.2, 0.25) is 21.8 Å². The Hall–Kier alpha value is -3.09. The molecule has 0 aromatic heterocycles. The summed E-state index contributed by atoms with van der Waals surface area (Å²) in [5, 5.41) is 1.93. The molecule has 0 aliphatic rings. The van der Waals surface area contributed by atoms with Gasteiger partial charge in [-0.25, -0.2) is 8.42 Å². The zero-order valence-electron chi connectivity index (χ0n) is 21.5. The van der Waals surface area contributed by atoms with Gasteiger partial charge in [-0.3, -0.25) is 13.9 Å². The average Bonchev–Trinajstić information content (AvgIpc) is 2.89. The SMILES string of the molecule is CNC(=O)[C@@H](Cc1ccccc1)N(Cc1ccc(Br)cc1)C(=O)CN(c1ccc(Cl)c(C(F)(F)F)c1)S(C)(=O)=O. The van der Waals surface area contributed by atoms with Crippen molar-refractivity contribution in [3.05, 3.63) is 99.0 Å². The topological polar surface area (TPSA) is 86.8 Å².